The largest absolute Gasteiger partial charge is 0.372 e. The van der Waals surface area contributed by atoms with E-state index in [0.717, 1.165) is 41.1 Å². The zero-order valence-corrected chi connectivity index (χ0v) is 18.3. The zero-order chi connectivity index (χ0) is 22.9. The van der Waals surface area contributed by atoms with Crippen LogP contribution in [0.4, 0.5) is 11.4 Å². The molecule has 0 atom stereocenters. The molecule has 8 heteroatoms. The third-order valence-corrected chi connectivity index (χ3v) is 5.74. The number of rotatable bonds is 6. The molecule has 0 bridgehead atoms. The molecule has 0 fully saturated rings. The van der Waals surface area contributed by atoms with Crippen molar-refractivity contribution in [2.75, 3.05) is 18.0 Å². The van der Waals surface area contributed by atoms with Gasteiger partial charge in [0.1, 0.15) is 5.82 Å². The summed E-state index contributed by atoms with van der Waals surface area (Å²) in [5.74, 6) is 0.630. The third-order valence-electron chi connectivity index (χ3n) is 5.74. The number of hydrogen-bond donors (Lipinski definition) is 0. The van der Waals surface area contributed by atoms with Gasteiger partial charge in [-0.3, -0.25) is 14.7 Å². The molecule has 164 valence electrons. The van der Waals surface area contributed by atoms with Gasteiger partial charge in [0.05, 0.1) is 16.0 Å². The number of fused-ring (bicyclic) bond motifs is 2. The zero-order valence-electron chi connectivity index (χ0n) is 18.3. The first-order valence-corrected chi connectivity index (χ1v) is 10.8. The fraction of sp³-hybridized carbons (Fsp3) is 0.160. The number of non-ortho nitro benzene ring substituents is 1. The van der Waals surface area contributed by atoms with Crippen LogP contribution in [-0.2, 0) is 0 Å². The molecule has 0 N–H and O–H groups in total. The molecule has 2 aromatic heterocycles. The number of nitro benzene ring substituents is 1. The normalized spacial score (nSPS) is 11.2. The van der Waals surface area contributed by atoms with E-state index in [-0.39, 0.29) is 5.69 Å². The van der Waals surface area contributed by atoms with E-state index in [2.05, 4.69) is 30.9 Å². The number of anilines is 1. The molecule has 0 unspecified atom stereocenters. The van der Waals surface area contributed by atoms with Crippen LogP contribution in [0.2, 0.25) is 0 Å². The van der Waals surface area contributed by atoms with Gasteiger partial charge in [-0.25, -0.2) is 15.0 Å². The van der Waals surface area contributed by atoms with Crippen LogP contribution in [0.5, 0.6) is 0 Å². The molecule has 0 saturated carbocycles. The first-order valence-electron chi connectivity index (χ1n) is 10.8. The number of hydrogen-bond acceptors (Lipinski definition) is 6. The molecule has 3 aromatic carbocycles. The van der Waals surface area contributed by atoms with E-state index < -0.39 is 4.92 Å². The minimum Gasteiger partial charge on any atom is -0.372 e. The average molecular weight is 438 g/mol. The molecule has 0 saturated heterocycles. The second kappa shape index (κ2) is 8.31. The van der Waals surface area contributed by atoms with Crippen LogP contribution < -0.4 is 4.90 Å². The third kappa shape index (κ3) is 3.65. The van der Waals surface area contributed by atoms with E-state index in [9.17, 15) is 10.1 Å². The predicted molar refractivity (Wildman–Crippen MR) is 130 cm³/mol. The summed E-state index contributed by atoms with van der Waals surface area (Å²) in [5, 5.41) is 11.1. The minimum absolute atomic E-state index is 0.0342. The van der Waals surface area contributed by atoms with Gasteiger partial charge in [-0.1, -0.05) is 12.1 Å². The molecule has 0 aliphatic rings. The quantitative estimate of drug-likeness (QED) is 0.261. The summed E-state index contributed by atoms with van der Waals surface area (Å²) in [6.07, 6.45) is 0. The summed E-state index contributed by atoms with van der Waals surface area (Å²) >= 11 is 0. The first kappa shape index (κ1) is 20.6. The fourth-order valence-electron chi connectivity index (χ4n) is 4.03. The second-order valence-electron chi connectivity index (χ2n) is 7.62. The molecule has 2 heterocycles. The maximum atomic E-state index is 11.1. The van der Waals surface area contributed by atoms with Crippen molar-refractivity contribution in [2.45, 2.75) is 13.8 Å². The Balaban J connectivity index is 1.73. The number of imidazole rings is 1. The van der Waals surface area contributed by atoms with Gasteiger partial charge in [0.25, 0.3) is 5.69 Å². The van der Waals surface area contributed by atoms with E-state index in [4.69, 9.17) is 15.0 Å². The second-order valence-corrected chi connectivity index (χ2v) is 7.62. The van der Waals surface area contributed by atoms with Crippen molar-refractivity contribution >= 4 is 33.7 Å². The van der Waals surface area contributed by atoms with Crippen LogP contribution in [0.25, 0.3) is 39.4 Å². The van der Waals surface area contributed by atoms with E-state index >= 15 is 0 Å². The topological polar surface area (TPSA) is 90.0 Å². The monoisotopic (exact) mass is 438 g/mol. The summed E-state index contributed by atoms with van der Waals surface area (Å²) < 4.78 is 1.96. The van der Waals surface area contributed by atoms with E-state index in [1.807, 2.05) is 41.0 Å². The van der Waals surface area contributed by atoms with Crippen molar-refractivity contribution in [1.82, 2.24) is 19.5 Å². The lowest BCUT2D eigenvalue weighted by molar-refractivity contribution is -0.384. The standard InChI is InChI=1S/C25H22N6O2/c1-3-29(4-2)18-13-15-19(16-14-18)30-24(17-9-11-20(12-10-17)31(32)33)28-23-25(30)27-22-8-6-5-7-21(22)26-23/h5-16H,3-4H2,1-2H3. The van der Waals surface area contributed by atoms with Crippen LogP contribution in [0.3, 0.4) is 0 Å². The molecule has 0 radical (unpaired) electrons. The molecule has 33 heavy (non-hydrogen) atoms. The number of aromatic nitrogens is 4. The summed E-state index contributed by atoms with van der Waals surface area (Å²) in [7, 11) is 0. The SMILES string of the molecule is CCN(CC)c1ccc(-n2c(-c3ccc([N+](=O)[O-])cc3)nc3nc4ccccc4nc32)cc1. The van der Waals surface area contributed by atoms with Crippen molar-refractivity contribution in [3.8, 4) is 17.1 Å². The van der Waals surface area contributed by atoms with Gasteiger partial charge in [0, 0.05) is 42.2 Å². The van der Waals surface area contributed by atoms with Gasteiger partial charge in [0.15, 0.2) is 11.3 Å². The molecule has 0 aliphatic carbocycles. The number of para-hydroxylation sites is 2. The van der Waals surface area contributed by atoms with Crippen LogP contribution >= 0.6 is 0 Å². The highest BCUT2D eigenvalue weighted by Crippen LogP contribution is 2.30. The Kier molecular flexibility index (Phi) is 5.18. The van der Waals surface area contributed by atoms with Crippen molar-refractivity contribution in [3.05, 3.63) is 82.9 Å². The Morgan fingerprint density at radius 1 is 0.848 bits per heavy atom. The molecule has 8 nitrogen and oxygen atoms in total. The Morgan fingerprint density at radius 3 is 2.09 bits per heavy atom. The molecule has 0 aliphatic heterocycles. The summed E-state index contributed by atoms with van der Waals surface area (Å²) in [6, 6.07) is 22.3. The van der Waals surface area contributed by atoms with Crippen molar-refractivity contribution < 1.29 is 4.92 Å². The van der Waals surface area contributed by atoms with Crippen molar-refractivity contribution in [3.63, 3.8) is 0 Å². The van der Waals surface area contributed by atoms with Crippen molar-refractivity contribution in [2.24, 2.45) is 0 Å². The summed E-state index contributed by atoms with van der Waals surface area (Å²) in [5.41, 5.74) is 5.52. The summed E-state index contributed by atoms with van der Waals surface area (Å²) in [4.78, 5) is 27.3. The van der Waals surface area contributed by atoms with Crippen LogP contribution in [0.1, 0.15) is 13.8 Å². The minimum atomic E-state index is -0.408. The lowest BCUT2D eigenvalue weighted by Crippen LogP contribution is -2.21. The summed E-state index contributed by atoms with van der Waals surface area (Å²) in [6.45, 7) is 6.12. The van der Waals surface area contributed by atoms with Gasteiger partial charge in [0.2, 0.25) is 0 Å². The molecule has 5 aromatic rings. The van der Waals surface area contributed by atoms with Gasteiger partial charge >= 0.3 is 0 Å². The predicted octanol–water partition coefficient (Wildman–Crippen LogP) is 5.39. The smallest absolute Gasteiger partial charge is 0.269 e. The molecule has 0 amide bonds. The van der Waals surface area contributed by atoms with Crippen molar-refractivity contribution in [1.29, 1.82) is 0 Å². The Labute approximate surface area is 190 Å². The molecule has 0 spiro atoms. The van der Waals surface area contributed by atoms with Crippen LogP contribution in [0, 0.1) is 10.1 Å². The molecular weight excluding hydrogens is 416 g/mol. The van der Waals surface area contributed by atoms with E-state index in [0.29, 0.717) is 17.1 Å². The molecule has 5 rings (SSSR count). The van der Waals surface area contributed by atoms with Gasteiger partial charge in [-0.15, -0.1) is 0 Å². The fourth-order valence-corrected chi connectivity index (χ4v) is 4.03. The lowest BCUT2D eigenvalue weighted by Gasteiger charge is -2.21. The number of benzene rings is 3. The number of nitro groups is 1. The highest BCUT2D eigenvalue weighted by atomic mass is 16.6. The highest BCUT2D eigenvalue weighted by molar-refractivity contribution is 5.86. The number of nitrogens with zero attached hydrogens (tertiary/aromatic N) is 6. The Bertz CT molecular complexity index is 1450. The highest BCUT2D eigenvalue weighted by Gasteiger charge is 2.18. The van der Waals surface area contributed by atoms with Gasteiger partial charge < -0.3 is 4.90 Å². The Hall–Kier alpha value is -4.33. The first-order chi connectivity index (χ1) is 16.1. The van der Waals surface area contributed by atoms with Crippen LogP contribution in [-0.4, -0.2) is 37.5 Å². The molecular formula is C25H22N6O2. The average Bonchev–Trinajstić information content (AvgIpc) is 3.22. The van der Waals surface area contributed by atoms with Gasteiger partial charge in [-0.2, -0.15) is 0 Å². The Morgan fingerprint density at radius 2 is 1.48 bits per heavy atom. The van der Waals surface area contributed by atoms with Gasteiger partial charge in [-0.05, 0) is 62.4 Å². The van der Waals surface area contributed by atoms with E-state index in [1.165, 1.54) is 12.1 Å². The van der Waals surface area contributed by atoms with E-state index in [1.54, 1.807) is 12.1 Å². The maximum absolute atomic E-state index is 11.1. The maximum Gasteiger partial charge on any atom is 0.269 e. The lowest BCUT2D eigenvalue weighted by atomic mass is 10.2. The van der Waals surface area contributed by atoms with Crippen LogP contribution in [0.15, 0.2) is 72.8 Å².